The first-order valence-corrected chi connectivity index (χ1v) is 22.3. The minimum absolute atomic E-state index is 0.00892. The van der Waals surface area contributed by atoms with Crippen LogP contribution in [0, 0.1) is 5.92 Å². The van der Waals surface area contributed by atoms with E-state index in [1.54, 1.807) is 36.4 Å². The molecular formula is C42H46F3N11O6S. The van der Waals surface area contributed by atoms with Gasteiger partial charge in [-0.15, -0.1) is 0 Å². The zero-order valence-electron chi connectivity index (χ0n) is 34.6. The number of carbonyl (C=O) groups excluding carboxylic acids is 4. The van der Waals surface area contributed by atoms with Gasteiger partial charge in [-0.2, -0.15) is 23.2 Å². The third-order valence-corrected chi connectivity index (χ3v) is 13.0. The number of alkyl halides is 3. The summed E-state index contributed by atoms with van der Waals surface area (Å²) in [6, 6.07) is 18.4. The molecule has 17 nitrogen and oxygen atoms in total. The number of piperazine rings is 1. The molecule has 0 saturated carbocycles. The summed E-state index contributed by atoms with van der Waals surface area (Å²) >= 11 is 0. The molecule has 8 rings (SSSR count). The van der Waals surface area contributed by atoms with Crippen molar-refractivity contribution in [1.82, 2.24) is 30.2 Å². The van der Waals surface area contributed by atoms with Crippen LogP contribution in [-0.4, -0.2) is 123 Å². The standard InChI is InChI=1S/C42H46F3N11O6S/c1-51(63(2,61)62)31-6-3-5-28(23-31)24-46-37-33(42(43,44)45)25-47-40(50-37)48-29-9-11-30(12-10-29)53-21-19-52(20-22-53)26-27-13-16-54(17-14-27)34-8-4-7-32-36(34)39(59)56(38(32)58)55-18-15-35(57)49-41(55)60/h3-12,23,25,27H,13-22,24,26H2,1-2H3,(H,49,57,60)(H2,46,47,48,50). The van der Waals surface area contributed by atoms with Gasteiger partial charge in [0.05, 0.1) is 35.3 Å². The first kappa shape index (κ1) is 43.2. The molecule has 0 aliphatic carbocycles. The zero-order chi connectivity index (χ0) is 44.6. The lowest BCUT2D eigenvalue weighted by molar-refractivity contribution is -0.137. The quantitative estimate of drug-likeness (QED) is 0.166. The SMILES string of the molecule is CN(c1cccc(CNc2nc(Nc3ccc(N4CCN(CC5CCN(c6cccc7c6C(=O)N(N6CCC(=O)NC6=O)C7=O)CC5)CC4)cc3)ncc2C(F)(F)F)c1)S(C)(=O)=O. The van der Waals surface area contributed by atoms with Gasteiger partial charge in [-0.25, -0.2) is 23.2 Å². The monoisotopic (exact) mass is 889 g/mol. The molecule has 4 aliphatic rings. The lowest BCUT2D eigenvalue weighted by atomic mass is 9.94. The minimum atomic E-state index is -4.72. The summed E-state index contributed by atoms with van der Waals surface area (Å²) in [7, 11) is -2.14. The summed E-state index contributed by atoms with van der Waals surface area (Å²) in [5.41, 5.74) is 2.66. The van der Waals surface area contributed by atoms with Crippen molar-refractivity contribution < 1.29 is 40.8 Å². The number of benzene rings is 3. The van der Waals surface area contributed by atoms with E-state index in [1.165, 1.54) is 7.05 Å². The van der Waals surface area contributed by atoms with Crippen molar-refractivity contribution in [1.29, 1.82) is 0 Å². The van der Waals surface area contributed by atoms with E-state index in [9.17, 15) is 40.8 Å². The van der Waals surface area contributed by atoms with E-state index in [0.29, 0.717) is 41.6 Å². The number of piperidine rings is 1. The number of rotatable bonds is 12. The van der Waals surface area contributed by atoms with Crippen LogP contribution in [0.3, 0.4) is 0 Å². The van der Waals surface area contributed by atoms with Gasteiger partial charge in [0.1, 0.15) is 11.4 Å². The number of halogens is 3. The van der Waals surface area contributed by atoms with Gasteiger partial charge in [0.2, 0.25) is 21.9 Å². The maximum absolute atomic E-state index is 13.9. The van der Waals surface area contributed by atoms with E-state index in [-0.39, 0.29) is 36.6 Å². The highest BCUT2D eigenvalue weighted by atomic mass is 32.2. The fourth-order valence-electron chi connectivity index (χ4n) is 8.30. The number of nitrogens with zero attached hydrogens (tertiary/aromatic N) is 8. The zero-order valence-corrected chi connectivity index (χ0v) is 35.4. The van der Waals surface area contributed by atoms with Gasteiger partial charge in [0, 0.05) is 83.4 Å². The summed E-state index contributed by atoms with van der Waals surface area (Å²) in [5, 5.41) is 9.76. The number of hydrogen-bond acceptors (Lipinski definition) is 13. The van der Waals surface area contributed by atoms with Crippen LogP contribution in [0.1, 0.15) is 51.1 Å². The second-order valence-corrected chi connectivity index (χ2v) is 18.0. The van der Waals surface area contributed by atoms with Crippen LogP contribution in [0.2, 0.25) is 0 Å². The van der Waals surface area contributed by atoms with Crippen LogP contribution < -0.4 is 30.1 Å². The van der Waals surface area contributed by atoms with E-state index in [4.69, 9.17) is 0 Å². The Bertz CT molecular complexity index is 2530. The van der Waals surface area contributed by atoms with Gasteiger partial charge in [-0.1, -0.05) is 18.2 Å². The molecule has 0 spiro atoms. The van der Waals surface area contributed by atoms with E-state index in [0.717, 1.165) is 78.0 Å². The van der Waals surface area contributed by atoms with Crippen molar-refractivity contribution in [2.45, 2.75) is 32.0 Å². The van der Waals surface area contributed by atoms with Crippen LogP contribution in [0.15, 0.2) is 72.9 Å². The van der Waals surface area contributed by atoms with Gasteiger partial charge < -0.3 is 20.4 Å². The van der Waals surface area contributed by atoms with Gasteiger partial charge in [-0.05, 0) is 72.9 Å². The van der Waals surface area contributed by atoms with Crippen molar-refractivity contribution in [3.63, 3.8) is 0 Å². The van der Waals surface area contributed by atoms with Gasteiger partial charge in [-0.3, -0.25) is 28.9 Å². The number of anilines is 6. The Kier molecular flexibility index (Phi) is 11.9. The number of amides is 5. The average Bonchev–Trinajstić information content (AvgIpc) is 3.51. The number of hydrazine groups is 1. The molecule has 0 radical (unpaired) electrons. The van der Waals surface area contributed by atoms with Crippen LogP contribution in [0.5, 0.6) is 0 Å². The van der Waals surface area contributed by atoms with Crippen LogP contribution in [0.25, 0.3) is 0 Å². The molecule has 0 unspecified atom stereocenters. The summed E-state index contributed by atoms with van der Waals surface area (Å²) in [5.74, 6) is -1.62. The molecule has 3 fully saturated rings. The Morgan fingerprint density at radius 3 is 2.27 bits per heavy atom. The van der Waals surface area contributed by atoms with E-state index >= 15 is 0 Å². The number of sulfonamides is 1. The highest BCUT2D eigenvalue weighted by molar-refractivity contribution is 7.92. The molecule has 3 N–H and O–H groups in total. The molecule has 3 aromatic carbocycles. The minimum Gasteiger partial charge on any atom is -0.371 e. The molecule has 5 heterocycles. The lowest BCUT2D eigenvalue weighted by Gasteiger charge is -2.40. The fraction of sp³-hybridized carbons (Fsp3) is 0.381. The van der Waals surface area contributed by atoms with E-state index in [1.807, 2.05) is 30.3 Å². The van der Waals surface area contributed by atoms with Gasteiger partial charge >= 0.3 is 12.2 Å². The van der Waals surface area contributed by atoms with Gasteiger partial charge in [0.25, 0.3) is 11.8 Å². The van der Waals surface area contributed by atoms with Crippen molar-refractivity contribution in [2.75, 3.05) is 90.4 Å². The van der Waals surface area contributed by atoms with E-state index in [2.05, 4.69) is 40.6 Å². The normalized spacial score (nSPS) is 17.9. The Labute approximate surface area is 361 Å². The predicted octanol–water partition coefficient (Wildman–Crippen LogP) is 4.74. The molecule has 63 heavy (non-hydrogen) atoms. The number of fused-ring (bicyclic) bond motifs is 1. The average molecular weight is 890 g/mol. The molecule has 332 valence electrons. The summed E-state index contributed by atoms with van der Waals surface area (Å²) in [6.45, 7) is 5.58. The molecule has 5 amide bonds. The van der Waals surface area contributed by atoms with Crippen molar-refractivity contribution >= 4 is 68.3 Å². The fourth-order valence-corrected chi connectivity index (χ4v) is 8.80. The van der Waals surface area contributed by atoms with Crippen molar-refractivity contribution in [3.05, 3.63) is 95.2 Å². The van der Waals surface area contributed by atoms with Crippen LogP contribution in [0.4, 0.5) is 52.5 Å². The maximum atomic E-state index is 13.9. The second kappa shape index (κ2) is 17.4. The number of urea groups is 1. The number of imide groups is 2. The molecule has 0 bridgehead atoms. The summed E-state index contributed by atoms with van der Waals surface area (Å²) in [6.07, 6.45) is -1.14. The van der Waals surface area contributed by atoms with Crippen molar-refractivity contribution in [3.8, 4) is 0 Å². The number of hydrogen-bond donors (Lipinski definition) is 3. The molecule has 4 aliphatic heterocycles. The molecule has 4 aromatic rings. The third kappa shape index (κ3) is 9.34. The first-order chi connectivity index (χ1) is 30.0. The smallest absolute Gasteiger partial charge is 0.371 e. The summed E-state index contributed by atoms with van der Waals surface area (Å²) in [4.78, 5) is 66.0. The Morgan fingerprint density at radius 1 is 0.873 bits per heavy atom. The Balaban J connectivity index is 0.824. The first-order valence-electron chi connectivity index (χ1n) is 20.5. The maximum Gasteiger partial charge on any atom is 0.421 e. The third-order valence-electron chi connectivity index (χ3n) is 11.8. The molecular weight excluding hydrogens is 844 g/mol. The Hall–Kier alpha value is -6.48. The largest absolute Gasteiger partial charge is 0.421 e. The van der Waals surface area contributed by atoms with Crippen LogP contribution >= 0.6 is 0 Å². The highest BCUT2D eigenvalue weighted by Crippen LogP contribution is 2.37. The van der Waals surface area contributed by atoms with Crippen LogP contribution in [-0.2, 0) is 27.5 Å². The molecule has 21 heteroatoms. The number of nitrogens with one attached hydrogen (secondary N) is 3. The van der Waals surface area contributed by atoms with Crippen molar-refractivity contribution in [2.24, 2.45) is 5.92 Å². The topological polar surface area (TPSA) is 184 Å². The highest BCUT2D eigenvalue weighted by Gasteiger charge is 2.45. The molecule has 3 saturated heterocycles. The van der Waals surface area contributed by atoms with E-state index < -0.39 is 51.3 Å². The predicted molar refractivity (Wildman–Crippen MR) is 229 cm³/mol. The number of carbonyl (C=O) groups is 4. The van der Waals surface area contributed by atoms with Gasteiger partial charge in [0.15, 0.2) is 0 Å². The lowest BCUT2D eigenvalue weighted by Crippen LogP contribution is -2.58. The number of aromatic nitrogens is 2. The molecule has 0 atom stereocenters. The Morgan fingerprint density at radius 2 is 1.59 bits per heavy atom. The molecule has 1 aromatic heterocycles. The second-order valence-electron chi connectivity index (χ2n) is 15.9. The summed E-state index contributed by atoms with van der Waals surface area (Å²) < 4.78 is 66.9.